The average Bonchev–Trinajstić information content (AvgIpc) is 2.64. The average molecular weight is 224 g/mol. The van der Waals surface area contributed by atoms with Gasteiger partial charge in [-0.1, -0.05) is 20.3 Å². The number of nitrogens with one attached hydrogen (secondary N) is 2. The maximum absolute atomic E-state index is 12.3. The Bertz CT molecular complexity index is 253. The van der Waals surface area contributed by atoms with E-state index in [9.17, 15) is 4.79 Å². The van der Waals surface area contributed by atoms with Gasteiger partial charge in [-0.05, 0) is 37.6 Å². The Morgan fingerprint density at radius 1 is 1.50 bits per heavy atom. The molecule has 1 unspecified atom stereocenters. The minimum atomic E-state index is -0.149. The van der Waals surface area contributed by atoms with E-state index in [1.807, 2.05) is 0 Å². The van der Waals surface area contributed by atoms with Crippen LogP contribution in [-0.4, -0.2) is 25.5 Å². The van der Waals surface area contributed by atoms with Crippen LogP contribution in [0.4, 0.5) is 0 Å². The summed E-state index contributed by atoms with van der Waals surface area (Å²) in [5, 5.41) is 6.50. The molecule has 1 heterocycles. The van der Waals surface area contributed by atoms with Gasteiger partial charge in [0.15, 0.2) is 0 Å². The van der Waals surface area contributed by atoms with Crippen molar-refractivity contribution in [2.24, 2.45) is 17.3 Å². The van der Waals surface area contributed by atoms with Crippen molar-refractivity contribution in [1.82, 2.24) is 10.6 Å². The molecule has 2 fully saturated rings. The third-order valence-corrected chi connectivity index (χ3v) is 4.52. The van der Waals surface area contributed by atoms with Crippen molar-refractivity contribution in [1.29, 1.82) is 0 Å². The highest BCUT2D eigenvalue weighted by atomic mass is 16.2. The van der Waals surface area contributed by atoms with Crippen LogP contribution in [0.15, 0.2) is 0 Å². The number of rotatable bonds is 4. The Morgan fingerprint density at radius 3 is 2.69 bits per heavy atom. The van der Waals surface area contributed by atoms with Crippen molar-refractivity contribution in [2.45, 2.75) is 39.5 Å². The van der Waals surface area contributed by atoms with E-state index < -0.39 is 0 Å². The topological polar surface area (TPSA) is 41.1 Å². The fraction of sp³-hybridized carbons (Fsp3) is 0.923. The first-order chi connectivity index (χ1) is 7.65. The Hall–Kier alpha value is -0.570. The minimum absolute atomic E-state index is 0.149. The molecule has 92 valence electrons. The smallest absolute Gasteiger partial charge is 0.227 e. The normalized spacial score (nSPS) is 30.4. The third kappa shape index (κ3) is 2.10. The third-order valence-electron chi connectivity index (χ3n) is 4.52. The van der Waals surface area contributed by atoms with Gasteiger partial charge >= 0.3 is 0 Å². The predicted octanol–water partition coefficient (Wildman–Crippen LogP) is 1.54. The molecule has 3 nitrogen and oxygen atoms in total. The van der Waals surface area contributed by atoms with Crippen LogP contribution in [0.25, 0.3) is 0 Å². The standard InChI is InChI=1S/C13H24N2O/c1-10(2)13(6-7-14-9-13)12(16)15-8-11-4-3-5-11/h10-11,14H,3-9H2,1-2H3,(H,15,16). The zero-order valence-electron chi connectivity index (χ0n) is 10.5. The highest BCUT2D eigenvalue weighted by molar-refractivity contribution is 5.83. The Kier molecular flexibility index (Phi) is 3.53. The fourth-order valence-corrected chi connectivity index (χ4v) is 2.77. The van der Waals surface area contributed by atoms with E-state index in [0.29, 0.717) is 5.92 Å². The number of carbonyl (C=O) groups excluding carboxylic acids is 1. The molecule has 1 aliphatic carbocycles. The fourth-order valence-electron chi connectivity index (χ4n) is 2.77. The summed E-state index contributed by atoms with van der Waals surface area (Å²) < 4.78 is 0. The molecule has 2 rings (SSSR count). The first kappa shape index (κ1) is 11.9. The Balaban J connectivity index is 1.89. The van der Waals surface area contributed by atoms with Gasteiger partial charge in [-0.15, -0.1) is 0 Å². The van der Waals surface area contributed by atoms with Gasteiger partial charge in [-0.3, -0.25) is 4.79 Å². The highest BCUT2D eigenvalue weighted by Crippen LogP contribution is 2.34. The zero-order chi connectivity index (χ0) is 11.6. The van der Waals surface area contributed by atoms with Crippen molar-refractivity contribution < 1.29 is 4.79 Å². The van der Waals surface area contributed by atoms with Crippen molar-refractivity contribution in [2.75, 3.05) is 19.6 Å². The van der Waals surface area contributed by atoms with Gasteiger partial charge < -0.3 is 10.6 Å². The van der Waals surface area contributed by atoms with Crippen LogP contribution >= 0.6 is 0 Å². The lowest BCUT2D eigenvalue weighted by molar-refractivity contribution is -0.132. The van der Waals surface area contributed by atoms with Crippen LogP contribution in [0, 0.1) is 17.3 Å². The molecule has 0 aromatic rings. The summed E-state index contributed by atoms with van der Waals surface area (Å²) in [7, 11) is 0. The maximum atomic E-state index is 12.3. The Labute approximate surface area is 98.4 Å². The molecule has 1 saturated heterocycles. The summed E-state index contributed by atoms with van der Waals surface area (Å²) in [4.78, 5) is 12.3. The van der Waals surface area contributed by atoms with Crippen molar-refractivity contribution >= 4 is 5.91 Å². The molecule has 0 bridgehead atoms. The summed E-state index contributed by atoms with van der Waals surface area (Å²) in [6, 6.07) is 0. The minimum Gasteiger partial charge on any atom is -0.355 e. The van der Waals surface area contributed by atoms with E-state index in [4.69, 9.17) is 0 Å². The van der Waals surface area contributed by atoms with Crippen molar-refractivity contribution in [3.8, 4) is 0 Å². The second-order valence-electron chi connectivity index (χ2n) is 5.74. The molecule has 16 heavy (non-hydrogen) atoms. The van der Waals surface area contributed by atoms with Gasteiger partial charge in [-0.25, -0.2) is 0 Å². The van der Waals surface area contributed by atoms with Crippen LogP contribution in [0.2, 0.25) is 0 Å². The molecular formula is C13H24N2O. The summed E-state index contributed by atoms with van der Waals surface area (Å²) in [5.41, 5.74) is -0.149. The second-order valence-corrected chi connectivity index (χ2v) is 5.74. The lowest BCUT2D eigenvalue weighted by Crippen LogP contribution is -2.47. The summed E-state index contributed by atoms with van der Waals surface area (Å²) in [5.74, 6) is 1.45. The first-order valence-electron chi connectivity index (χ1n) is 6.64. The maximum Gasteiger partial charge on any atom is 0.227 e. The molecule has 2 aliphatic rings. The molecule has 1 atom stereocenters. The summed E-state index contributed by atoms with van der Waals surface area (Å²) >= 11 is 0. The molecule has 3 heteroatoms. The molecule has 1 saturated carbocycles. The lowest BCUT2D eigenvalue weighted by atomic mass is 9.75. The van der Waals surface area contributed by atoms with E-state index in [0.717, 1.165) is 32.0 Å². The molecule has 1 aliphatic heterocycles. The SMILES string of the molecule is CC(C)C1(C(=O)NCC2CCC2)CCNC1. The van der Waals surface area contributed by atoms with Crippen LogP contribution in [-0.2, 0) is 4.79 Å². The molecule has 1 amide bonds. The van der Waals surface area contributed by atoms with Gasteiger partial charge in [0.1, 0.15) is 0 Å². The zero-order valence-corrected chi connectivity index (χ0v) is 10.5. The van der Waals surface area contributed by atoms with Crippen LogP contribution in [0.1, 0.15) is 39.5 Å². The second kappa shape index (κ2) is 4.74. The van der Waals surface area contributed by atoms with Crippen molar-refractivity contribution in [3.63, 3.8) is 0 Å². The predicted molar refractivity (Wildman–Crippen MR) is 65.1 cm³/mol. The van der Waals surface area contributed by atoms with E-state index >= 15 is 0 Å². The van der Waals surface area contributed by atoms with E-state index in [2.05, 4.69) is 24.5 Å². The molecule has 2 N–H and O–H groups in total. The number of carbonyl (C=O) groups is 1. The van der Waals surface area contributed by atoms with Gasteiger partial charge in [0.25, 0.3) is 0 Å². The molecule has 0 aromatic carbocycles. The van der Waals surface area contributed by atoms with Crippen LogP contribution in [0.3, 0.4) is 0 Å². The summed E-state index contributed by atoms with van der Waals surface area (Å²) in [6.07, 6.45) is 4.93. The van der Waals surface area contributed by atoms with Crippen molar-refractivity contribution in [3.05, 3.63) is 0 Å². The van der Waals surface area contributed by atoms with E-state index in [1.165, 1.54) is 19.3 Å². The number of hydrogen-bond acceptors (Lipinski definition) is 2. The van der Waals surface area contributed by atoms with Gasteiger partial charge in [0, 0.05) is 13.1 Å². The number of amides is 1. The molecule has 0 radical (unpaired) electrons. The monoisotopic (exact) mass is 224 g/mol. The van der Waals surface area contributed by atoms with Crippen LogP contribution < -0.4 is 10.6 Å². The highest BCUT2D eigenvalue weighted by Gasteiger charge is 2.43. The van der Waals surface area contributed by atoms with Crippen LogP contribution in [0.5, 0.6) is 0 Å². The van der Waals surface area contributed by atoms with Gasteiger partial charge in [0.2, 0.25) is 5.91 Å². The van der Waals surface area contributed by atoms with E-state index in [-0.39, 0.29) is 11.3 Å². The number of hydrogen-bond donors (Lipinski definition) is 2. The van der Waals surface area contributed by atoms with E-state index in [1.54, 1.807) is 0 Å². The molecular weight excluding hydrogens is 200 g/mol. The lowest BCUT2D eigenvalue weighted by Gasteiger charge is -2.33. The molecule has 0 spiro atoms. The molecule has 0 aromatic heterocycles. The largest absolute Gasteiger partial charge is 0.355 e. The first-order valence-corrected chi connectivity index (χ1v) is 6.64. The Morgan fingerprint density at radius 2 is 2.25 bits per heavy atom. The van der Waals surface area contributed by atoms with Gasteiger partial charge in [-0.2, -0.15) is 0 Å². The summed E-state index contributed by atoms with van der Waals surface area (Å²) in [6.45, 7) is 7.05. The quantitative estimate of drug-likeness (QED) is 0.760. The van der Waals surface area contributed by atoms with Gasteiger partial charge in [0.05, 0.1) is 5.41 Å².